The van der Waals surface area contributed by atoms with Crippen molar-refractivity contribution in [2.45, 2.75) is 19.4 Å². The minimum atomic E-state index is -0.687. The van der Waals surface area contributed by atoms with Gasteiger partial charge in [0.2, 0.25) is 0 Å². The van der Waals surface area contributed by atoms with E-state index < -0.39 is 17.7 Å². The predicted molar refractivity (Wildman–Crippen MR) is 132 cm³/mol. The summed E-state index contributed by atoms with van der Waals surface area (Å²) in [6.07, 6.45) is 2.34. The first-order valence-corrected chi connectivity index (χ1v) is 11.4. The number of hydrogen-bond donors (Lipinski definition) is 1. The highest BCUT2D eigenvalue weighted by Gasteiger charge is 2.45. The SMILES string of the molecule is C=CCOc1ccc(C(O)=C2C(=O)C(=O)N(CCCN(C)C)[C@H]2c2ccc(OCC)cc2)cc1. The Labute approximate surface area is 200 Å². The molecular weight excluding hydrogens is 432 g/mol. The highest BCUT2D eigenvalue weighted by Crippen LogP contribution is 2.40. The van der Waals surface area contributed by atoms with Crippen LogP contribution >= 0.6 is 0 Å². The van der Waals surface area contributed by atoms with E-state index in [4.69, 9.17) is 9.47 Å². The molecule has 0 unspecified atom stereocenters. The molecule has 0 spiro atoms. The Kier molecular flexibility index (Phi) is 8.49. The Bertz CT molecular complexity index is 1040. The van der Waals surface area contributed by atoms with E-state index in [2.05, 4.69) is 6.58 Å². The molecule has 7 nitrogen and oxygen atoms in total. The first-order chi connectivity index (χ1) is 16.4. The van der Waals surface area contributed by atoms with Crippen molar-refractivity contribution >= 4 is 17.4 Å². The van der Waals surface area contributed by atoms with Crippen molar-refractivity contribution in [2.24, 2.45) is 0 Å². The predicted octanol–water partition coefficient (Wildman–Crippen LogP) is 4.02. The molecule has 1 heterocycles. The number of Topliss-reactive ketones (excluding diaryl/α,β-unsaturated/α-hetero) is 1. The number of carbonyl (C=O) groups excluding carboxylic acids is 2. The van der Waals surface area contributed by atoms with Gasteiger partial charge in [-0.1, -0.05) is 24.8 Å². The molecule has 0 radical (unpaired) electrons. The lowest BCUT2D eigenvalue weighted by molar-refractivity contribution is -0.139. The standard InChI is InChI=1S/C27H32N2O5/c1-5-18-34-22-14-10-20(11-15-22)25(30)23-24(19-8-12-21(13-9-19)33-6-2)29(27(32)26(23)31)17-7-16-28(3)4/h5,8-15,24,30H,1,6-7,16-18H2,2-4H3/t24-/m0/s1. The third kappa shape index (κ3) is 5.66. The van der Waals surface area contributed by atoms with Crippen molar-refractivity contribution in [3.63, 3.8) is 0 Å². The maximum absolute atomic E-state index is 13.1. The molecule has 0 aliphatic carbocycles. The molecule has 1 aliphatic heterocycles. The van der Waals surface area contributed by atoms with Gasteiger partial charge in [-0.25, -0.2) is 0 Å². The zero-order valence-corrected chi connectivity index (χ0v) is 20.0. The average Bonchev–Trinajstić information content (AvgIpc) is 3.08. The molecule has 0 saturated carbocycles. The van der Waals surface area contributed by atoms with Gasteiger partial charge < -0.3 is 24.4 Å². The van der Waals surface area contributed by atoms with Gasteiger partial charge in [-0.2, -0.15) is 0 Å². The summed E-state index contributed by atoms with van der Waals surface area (Å²) in [6.45, 7) is 7.59. The molecule has 180 valence electrons. The van der Waals surface area contributed by atoms with E-state index in [0.717, 1.165) is 12.1 Å². The van der Waals surface area contributed by atoms with Gasteiger partial charge in [-0.05, 0) is 75.9 Å². The number of hydrogen-bond acceptors (Lipinski definition) is 6. The fourth-order valence-electron chi connectivity index (χ4n) is 3.95. The lowest BCUT2D eigenvalue weighted by Gasteiger charge is -2.26. The summed E-state index contributed by atoms with van der Waals surface area (Å²) in [7, 11) is 3.92. The Morgan fingerprint density at radius 3 is 2.26 bits per heavy atom. The van der Waals surface area contributed by atoms with Crippen molar-refractivity contribution in [1.82, 2.24) is 9.80 Å². The zero-order valence-electron chi connectivity index (χ0n) is 20.0. The van der Waals surface area contributed by atoms with E-state index >= 15 is 0 Å². The lowest BCUT2D eigenvalue weighted by Crippen LogP contribution is -2.32. The van der Waals surface area contributed by atoms with Gasteiger partial charge in [0.25, 0.3) is 11.7 Å². The van der Waals surface area contributed by atoms with Gasteiger partial charge in [0.1, 0.15) is 23.9 Å². The molecular formula is C27H32N2O5. The molecule has 1 N–H and O–H groups in total. The van der Waals surface area contributed by atoms with E-state index in [1.54, 1.807) is 35.2 Å². The number of likely N-dealkylation sites (tertiary alicyclic amines) is 1. The second-order valence-electron chi connectivity index (χ2n) is 8.28. The number of aliphatic hydroxyl groups is 1. The quantitative estimate of drug-likeness (QED) is 0.234. The first-order valence-electron chi connectivity index (χ1n) is 11.4. The van der Waals surface area contributed by atoms with Gasteiger partial charge in [0.15, 0.2) is 0 Å². The molecule has 0 bridgehead atoms. The zero-order chi connectivity index (χ0) is 24.7. The Morgan fingerprint density at radius 2 is 1.68 bits per heavy atom. The third-order valence-electron chi connectivity index (χ3n) is 5.55. The van der Waals surface area contributed by atoms with Crippen molar-refractivity contribution in [1.29, 1.82) is 0 Å². The third-order valence-corrected chi connectivity index (χ3v) is 5.55. The smallest absolute Gasteiger partial charge is 0.295 e. The second-order valence-corrected chi connectivity index (χ2v) is 8.28. The van der Waals surface area contributed by atoms with Crippen LogP contribution in [0.2, 0.25) is 0 Å². The number of amides is 1. The van der Waals surface area contributed by atoms with Crippen LogP contribution in [0.25, 0.3) is 5.76 Å². The maximum Gasteiger partial charge on any atom is 0.295 e. The molecule has 1 atom stereocenters. The number of benzene rings is 2. The van der Waals surface area contributed by atoms with Crippen LogP contribution in [-0.2, 0) is 9.59 Å². The van der Waals surface area contributed by atoms with Crippen molar-refractivity contribution < 1.29 is 24.2 Å². The number of ether oxygens (including phenoxy) is 2. The Morgan fingerprint density at radius 1 is 1.06 bits per heavy atom. The molecule has 1 aliphatic rings. The van der Waals surface area contributed by atoms with Gasteiger partial charge in [-0.3, -0.25) is 9.59 Å². The lowest BCUT2D eigenvalue weighted by atomic mass is 9.95. The number of aliphatic hydroxyl groups excluding tert-OH is 1. The number of carbonyl (C=O) groups is 2. The van der Waals surface area contributed by atoms with E-state index in [9.17, 15) is 14.7 Å². The monoisotopic (exact) mass is 464 g/mol. The molecule has 7 heteroatoms. The molecule has 1 fully saturated rings. The number of rotatable bonds is 11. The largest absolute Gasteiger partial charge is 0.507 e. The van der Waals surface area contributed by atoms with Crippen LogP contribution in [0.5, 0.6) is 11.5 Å². The summed E-state index contributed by atoms with van der Waals surface area (Å²) in [6, 6.07) is 13.4. The van der Waals surface area contributed by atoms with Crippen molar-refractivity contribution in [3.05, 3.63) is 77.9 Å². The molecule has 3 rings (SSSR count). The summed E-state index contributed by atoms with van der Waals surface area (Å²) in [4.78, 5) is 29.7. The van der Waals surface area contributed by atoms with E-state index in [1.807, 2.05) is 50.2 Å². The fourth-order valence-corrected chi connectivity index (χ4v) is 3.95. The average molecular weight is 465 g/mol. The first kappa shape index (κ1) is 25.1. The topological polar surface area (TPSA) is 79.3 Å². The summed E-state index contributed by atoms with van der Waals surface area (Å²) < 4.78 is 11.0. The highest BCUT2D eigenvalue weighted by molar-refractivity contribution is 6.46. The van der Waals surface area contributed by atoms with E-state index in [-0.39, 0.29) is 11.3 Å². The van der Waals surface area contributed by atoms with Crippen LogP contribution in [0.15, 0.2) is 66.8 Å². The van der Waals surface area contributed by atoms with Crippen LogP contribution < -0.4 is 9.47 Å². The van der Waals surface area contributed by atoms with Crippen LogP contribution in [0.3, 0.4) is 0 Å². The Balaban J connectivity index is 2.01. The summed E-state index contributed by atoms with van der Waals surface area (Å²) in [5.41, 5.74) is 1.26. The van der Waals surface area contributed by atoms with E-state index in [1.165, 1.54) is 0 Å². The summed E-state index contributed by atoms with van der Waals surface area (Å²) in [5.74, 6) is -0.185. The number of nitrogens with zero attached hydrogens (tertiary/aromatic N) is 2. The van der Waals surface area contributed by atoms with Gasteiger partial charge >= 0.3 is 0 Å². The van der Waals surface area contributed by atoms with Gasteiger partial charge in [-0.15, -0.1) is 0 Å². The van der Waals surface area contributed by atoms with E-state index in [0.29, 0.717) is 43.2 Å². The van der Waals surface area contributed by atoms with Crippen molar-refractivity contribution in [3.8, 4) is 11.5 Å². The van der Waals surface area contributed by atoms with Crippen LogP contribution in [0.4, 0.5) is 0 Å². The summed E-state index contributed by atoms with van der Waals surface area (Å²) >= 11 is 0. The molecule has 0 aromatic heterocycles. The normalized spacial score (nSPS) is 17.3. The van der Waals surface area contributed by atoms with Crippen molar-refractivity contribution in [2.75, 3.05) is 40.4 Å². The van der Waals surface area contributed by atoms with Crippen LogP contribution in [0.1, 0.15) is 30.5 Å². The highest BCUT2D eigenvalue weighted by atomic mass is 16.5. The van der Waals surface area contributed by atoms with Crippen LogP contribution in [-0.4, -0.2) is 67.0 Å². The number of ketones is 1. The van der Waals surface area contributed by atoms with Gasteiger partial charge in [0.05, 0.1) is 18.2 Å². The Hall–Kier alpha value is -3.58. The second kappa shape index (κ2) is 11.5. The molecule has 1 amide bonds. The van der Waals surface area contributed by atoms with Crippen LogP contribution in [0, 0.1) is 0 Å². The minimum absolute atomic E-state index is 0.0822. The molecule has 1 saturated heterocycles. The maximum atomic E-state index is 13.1. The molecule has 2 aromatic carbocycles. The summed E-state index contributed by atoms with van der Waals surface area (Å²) in [5, 5.41) is 11.2. The minimum Gasteiger partial charge on any atom is -0.507 e. The van der Waals surface area contributed by atoms with Gasteiger partial charge in [0, 0.05) is 12.1 Å². The fraction of sp³-hybridized carbons (Fsp3) is 0.333. The molecule has 2 aromatic rings. The molecule has 34 heavy (non-hydrogen) atoms.